The van der Waals surface area contributed by atoms with Crippen molar-refractivity contribution in [3.8, 4) is 34.2 Å². The van der Waals surface area contributed by atoms with E-state index in [4.69, 9.17) is 14.4 Å². The van der Waals surface area contributed by atoms with Crippen LogP contribution in [-0.4, -0.2) is 46.4 Å². The molecule has 10 heteroatoms. The van der Waals surface area contributed by atoms with Crippen molar-refractivity contribution in [2.45, 2.75) is 13.0 Å². The number of benzene rings is 1. The van der Waals surface area contributed by atoms with E-state index in [1.807, 2.05) is 48.4 Å². The lowest BCUT2D eigenvalue weighted by molar-refractivity contribution is 0.366. The number of methoxy groups -OCH3 is 1. The molecule has 1 aliphatic heterocycles. The molecule has 0 fully saturated rings. The Morgan fingerprint density at radius 3 is 3.00 bits per heavy atom. The molecule has 0 saturated heterocycles. The highest BCUT2D eigenvalue weighted by Crippen LogP contribution is 2.38. The van der Waals surface area contributed by atoms with E-state index in [1.54, 1.807) is 24.3 Å². The first-order valence-electron chi connectivity index (χ1n) is 9.77. The zero-order valence-corrected chi connectivity index (χ0v) is 16.9. The molecule has 0 N–H and O–H groups in total. The fourth-order valence-electron chi connectivity index (χ4n) is 4.00. The van der Waals surface area contributed by atoms with Crippen LogP contribution in [0.3, 0.4) is 0 Å². The number of hydrogen-bond acceptors (Lipinski definition) is 7. The number of ether oxygens (including phenoxy) is 1. The number of nitrogens with zero attached hydrogens (tertiary/aromatic N) is 8. The van der Waals surface area contributed by atoms with Crippen LogP contribution >= 0.6 is 0 Å². The maximum Gasteiger partial charge on any atom is 0.248 e. The third kappa shape index (κ3) is 2.83. The summed E-state index contributed by atoms with van der Waals surface area (Å²) in [5.41, 5.74) is 5.66. The van der Waals surface area contributed by atoms with Gasteiger partial charge in [-0.05, 0) is 24.3 Å². The van der Waals surface area contributed by atoms with Gasteiger partial charge in [0.15, 0.2) is 0 Å². The van der Waals surface area contributed by atoms with Gasteiger partial charge in [0, 0.05) is 43.2 Å². The van der Waals surface area contributed by atoms with Gasteiger partial charge in [-0.1, -0.05) is 5.16 Å². The van der Waals surface area contributed by atoms with E-state index in [-0.39, 0.29) is 0 Å². The number of fused-ring (bicyclic) bond motifs is 5. The smallest absolute Gasteiger partial charge is 0.248 e. The quantitative estimate of drug-likeness (QED) is 0.437. The van der Waals surface area contributed by atoms with Gasteiger partial charge >= 0.3 is 0 Å². The summed E-state index contributed by atoms with van der Waals surface area (Å²) in [6, 6.07) is 7.82. The Morgan fingerprint density at radius 2 is 2.16 bits per heavy atom. The second-order valence-corrected chi connectivity index (χ2v) is 7.36. The summed E-state index contributed by atoms with van der Waals surface area (Å²) in [4.78, 5) is 9.19. The molecule has 0 spiro atoms. The molecular weight excluding hydrogens is 396 g/mol. The summed E-state index contributed by atoms with van der Waals surface area (Å²) in [6.45, 7) is 0.408. The maximum atomic E-state index is 5.45. The Balaban J connectivity index is 1.48. The van der Waals surface area contributed by atoms with E-state index >= 15 is 0 Å². The molecule has 10 nitrogen and oxygen atoms in total. The topological polar surface area (TPSA) is 102 Å². The largest absolute Gasteiger partial charge is 0.497 e. The molecule has 5 heterocycles. The maximum absolute atomic E-state index is 5.45. The normalized spacial score (nSPS) is 12.2. The summed E-state index contributed by atoms with van der Waals surface area (Å²) >= 11 is 0. The fourth-order valence-corrected chi connectivity index (χ4v) is 4.00. The van der Waals surface area contributed by atoms with Crippen LogP contribution in [0.5, 0.6) is 5.75 Å². The van der Waals surface area contributed by atoms with Gasteiger partial charge in [0.25, 0.3) is 0 Å². The van der Waals surface area contributed by atoms with Crippen molar-refractivity contribution in [2.75, 3.05) is 7.11 Å². The van der Waals surface area contributed by atoms with E-state index in [1.165, 1.54) is 0 Å². The van der Waals surface area contributed by atoms with Crippen molar-refractivity contribution in [2.24, 2.45) is 7.05 Å². The SMILES string of the molecule is COc1ccc2c(c1)-c1nn(C)cc1Cc1c(-c3noc(Cn4cccn4)n3)ncn1-2. The Morgan fingerprint density at radius 1 is 1.23 bits per heavy atom. The van der Waals surface area contributed by atoms with Crippen LogP contribution in [-0.2, 0) is 20.0 Å². The van der Waals surface area contributed by atoms with Gasteiger partial charge < -0.3 is 13.8 Å². The van der Waals surface area contributed by atoms with Gasteiger partial charge in [-0.2, -0.15) is 15.2 Å². The van der Waals surface area contributed by atoms with E-state index in [2.05, 4.69) is 24.8 Å². The average molecular weight is 414 g/mol. The number of rotatable bonds is 4. The highest BCUT2D eigenvalue weighted by atomic mass is 16.5. The predicted molar refractivity (Wildman–Crippen MR) is 110 cm³/mol. The molecule has 0 atom stereocenters. The van der Waals surface area contributed by atoms with Crippen LogP contribution in [0.4, 0.5) is 0 Å². The molecule has 0 aliphatic carbocycles. The lowest BCUT2D eigenvalue weighted by Crippen LogP contribution is -2.01. The second kappa shape index (κ2) is 6.66. The number of aromatic nitrogens is 8. The van der Waals surface area contributed by atoms with Crippen molar-refractivity contribution in [1.29, 1.82) is 0 Å². The minimum absolute atomic E-state index is 0.408. The Kier molecular flexibility index (Phi) is 3.79. The molecule has 31 heavy (non-hydrogen) atoms. The first-order chi connectivity index (χ1) is 15.2. The van der Waals surface area contributed by atoms with Crippen LogP contribution in [0.15, 0.2) is 53.7 Å². The Bertz CT molecular complexity index is 1390. The van der Waals surface area contributed by atoms with Gasteiger partial charge in [-0.25, -0.2) is 4.98 Å². The van der Waals surface area contributed by atoms with Gasteiger partial charge in [0.05, 0.1) is 24.2 Å². The molecular formula is C21H18N8O2. The van der Waals surface area contributed by atoms with Gasteiger partial charge in [-0.15, -0.1) is 0 Å². The molecule has 4 aromatic heterocycles. The number of aryl methyl sites for hydroxylation is 1. The van der Waals surface area contributed by atoms with E-state index in [9.17, 15) is 0 Å². The first kappa shape index (κ1) is 17.6. The predicted octanol–water partition coefficient (Wildman–Crippen LogP) is 2.48. The van der Waals surface area contributed by atoms with Crippen molar-refractivity contribution >= 4 is 0 Å². The average Bonchev–Trinajstić information content (AvgIpc) is 3.56. The van der Waals surface area contributed by atoms with Gasteiger partial charge in [-0.3, -0.25) is 9.36 Å². The van der Waals surface area contributed by atoms with E-state index in [0.29, 0.717) is 30.4 Å². The van der Waals surface area contributed by atoms with Crippen molar-refractivity contribution < 1.29 is 9.26 Å². The highest BCUT2D eigenvalue weighted by molar-refractivity contribution is 5.77. The van der Waals surface area contributed by atoms with E-state index in [0.717, 1.165) is 34.0 Å². The molecule has 0 bridgehead atoms. The zero-order chi connectivity index (χ0) is 20.9. The zero-order valence-electron chi connectivity index (χ0n) is 16.9. The summed E-state index contributed by atoms with van der Waals surface area (Å²) < 4.78 is 16.5. The highest BCUT2D eigenvalue weighted by Gasteiger charge is 2.27. The fraction of sp³-hybridized carbons (Fsp3) is 0.190. The molecule has 154 valence electrons. The summed E-state index contributed by atoms with van der Waals surface area (Å²) in [7, 11) is 3.59. The lowest BCUT2D eigenvalue weighted by atomic mass is 10.0. The summed E-state index contributed by atoms with van der Waals surface area (Å²) in [5, 5.41) is 13.1. The van der Waals surface area contributed by atoms with Crippen LogP contribution in [0.2, 0.25) is 0 Å². The van der Waals surface area contributed by atoms with Crippen LogP contribution < -0.4 is 4.74 Å². The first-order valence-corrected chi connectivity index (χ1v) is 9.77. The lowest BCUT2D eigenvalue weighted by Gasteiger charge is -2.11. The molecule has 6 rings (SSSR count). The van der Waals surface area contributed by atoms with E-state index < -0.39 is 0 Å². The number of hydrogen-bond donors (Lipinski definition) is 0. The molecule has 0 saturated carbocycles. The van der Waals surface area contributed by atoms with Crippen molar-refractivity contribution in [1.82, 2.24) is 39.3 Å². The summed E-state index contributed by atoms with van der Waals surface area (Å²) in [5.74, 6) is 1.71. The molecule has 5 aromatic rings. The summed E-state index contributed by atoms with van der Waals surface area (Å²) in [6.07, 6.45) is 8.03. The van der Waals surface area contributed by atoms with Crippen molar-refractivity contribution in [3.05, 3.63) is 66.3 Å². The minimum atomic E-state index is 0.408. The Labute approximate surface area is 176 Å². The molecule has 0 amide bonds. The van der Waals surface area contributed by atoms with Crippen molar-refractivity contribution in [3.63, 3.8) is 0 Å². The second-order valence-electron chi connectivity index (χ2n) is 7.36. The van der Waals surface area contributed by atoms with Gasteiger partial charge in [0.1, 0.15) is 24.3 Å². The Hall–Kier alpha value is -4.21. The molecule has 0 unspecified atom stereocenters. The van der Waals surface area contributed by atoms with Gasteiger partial charge in [0.2, 0.25) is 11.7 Å². The van der Waals surface area contributed by atoms with Crippen LogP contribution in [0, 0.1) is 0 Å². The standard InChI is InChI=1S/C21H18N8O2/c1-27-10-13-8-17-20(21-24-18(31-26-21)11-28-7-3-6-23-28)22-12-29(17)16-5-4-14(30-2)9-15(16)19(13)25-27/h3-7,9-10,12H,8,11H2,1-2H3. The monoisotopic (exact) mass is 414 g/mol. The minimum Gasteiger partial charge on any atom is -0.497 e. The molecule has 0 radical (unpaired) electrons. The molecule has 1 aromatic carbocycles. The third-order valence-corrected chi connectivity index (χ3v) is 5.38. The third-order valence-electron chi connectivity index (χ3n) is 5.38. The number of imidazole rings is 1. The molecule has 1 aliphatic rings. The van der Waals surface area contributed by atoms with Crippen LogP contribution in [0.25, 0.3) is 28.5 Å². The van der Waals surface area contributed by atoms with Crippen LogP contribution in [0.1, 0.15) is 17.1 Å².